The average molecular weight is 1560 g/mol. The van der Waals surface area contributed by atoms with Crippen molar-refractivity contribution in [2.45, 2.75) is 129 Å². The lowest BCUT2D eigenvalue weighted by Crippen LogP contribution is -2.32. The molecule has 6 rings (SSSR count). The summed E-state index contributed by atoms with van der Waals surface area (Å²) in [6, 6.07) is 24.3. The van der Waals surface area contributed by atoms with Crippen LogP contribution in [0.5, 0.6) is 0 Å². The van der Waals surface area contributed by atoms with Crippen molar-refractivity contribution in [3.63, 3.8) is 0 Å². The van der Waals surface area contributed by atoms with E-state index in [1.807, 2.05) is 90.9 Å². The molecule has 0 spiro atoms. The van der Waals surface area contributed by atoms with Gasteiger partial charge in [0.25, 0.3) is 17.8 Å². The van der Waals surface area contributed by atoms with E-state index in [9.17, 15) is 55.1 Å². The fourth-order valence-corrected chi connectivity index (χ4v) is 9.00. The Morgan fingerprint density at radius 1 is 0.486 bits per heavy atom. The molecule has 0 unspecified atom stereocenters. The highest BCUT2D eigenvalue weighted by Crippen LogP contribution is 2.33. The van der Waals surface area contributed by atoms with E-state index in [0.717, 1.165) is 60.8 Å². The van der Waals surface area contributed by atoms with Crippen molar-refractivity contribution in [1.82, 2.24) is 51.8 Å². The molecule has 6 aromatic rings. The second-order valence-corrected chi connectivity index (χ2v) is 27.6. The van der Waals surface area contributed by atoms with Gasteiger partial charge in [-0.2, -0.15) is 19.3 Å². The Bertz CT molecular complexity index is 3870. The van der Waals surface area contributed by atoms with Crippen LogP contribution in [0.3, 0.4) is 0 Å². The van der Waals surface area contributed by atoms with E-state index in [1.54, 1.807) is 66.1 Å². The van der Waals surface area contributed by atoms with Gasteiger partial charge in [-0.1, -0.05) is 107 Å². The van der Waals surface area contributed by atoms with Gasteiger partial charge in [-0.15, -0.1) is 17.8 Å². The maximum atomic E-state index is 13.3. The number of nitrogens with zero attached hydrogens (tertiary/aromatic N) is 6. The number of rotatable bonds is 33. The number of aromatic nitrogens is 4. The Balaban J connectivity index is 0.000000656. The van der Waals surface area contributed by atoms with Crippen LogP contribution in [0.2, 0.25) is 5.02 Å². The zero-order valence-electron chi connectivity index (χ0n) is 65.0. The highest BCUT2D eigenvalue weighted by atomic mass is 35.5. The number of pyridine rings is 1. The normalized spacial score (nSPS) is 10.7. The summed E-state index contributed by atoms with van der Waals surface area (Å²) in [7, 11) is 0. The molecule has 32 heteroatoms. The number of benzene rings is 3. The van der Waals surface area contributed by atoms with Crippen LogP contribution < -0.4 is 63.8 Å². The predicted molar refractivity (Wildman–Crippen MR) is 422 cm³/mol. The van der Waals surface area contributed by atoms with E-state index in [-0.39, 0.29) is 98.4 Å². The first-order chi connectivity index (χ1) is 51.1. The molecule has 3 heterocycles. The number of nitriles is 2. The molecule has 0 fully saturated rings. The van der Waals surface area contributed by atoms with Crippen LogP contribution >= 0.6 is 22.9 Å². The average Bonchev–Trinajstić information content (AvgIpc) is 1.25. The van der Waals surface area contributed by atoms with Gasteiger partial charge in [0.15, 0.2) is 5.13 Å². The molecule has 0 aliphatic rings. The molecule has 596 valence electrons. The van der Waals surface area contributed by atoms with Crippen molar-refractivity contribution in [3.8, 4) is 24.5 Å². The SMILES string of the molecule is C#Cc1ccc(NCCNC(=O)C(C)C)cc1.CC(C)C(=O)NCCNc1ccc(C(C)(F)F)c(C#N)c1.CC(C)C(=O)NCCNc1nc(C(C)(F)F)cs1.CC(C)C(=O)NCCNc1ncc(C(C)(F)F)cc1Cl.CC(C)C(=O)NCCNc1ncccn1.Cc1ccc(NCCNC(=O)C(C)C)c(C#N)c1. The number of halogens is 7. The minimum absolute atomic E-state index is 0.000885. The summed E-state index contributed by atoms with van der Waals surface area (Å²) >= 11 is 7.01. The van der Waals surface area contributed by atoms with Crippen LogP contribution in [0.1, 0.15) is 143 Å². The number of aryl methyl sites for hydroxylation is 1. The van der Waals surface area contributed by atoms with E-state index in [0.29, 0.717) is 107 Å². The number of thiazole rings is 1. The number of hydrogen-bond donors (Lipinski definition) is 12. The van der Waals surface area contributed by atoms with Gasteiger partial charge < -0.3 is 63.8 Å². The molecule has 24 nitrogen and oxygen atoms in total. The quantitative estimate of drug-likeness (QED) is 0.0103. The molecule has 3 aromatic heterocycles. The van der Waals surface area contributed by atoms with Crippen LogP contribution in [-0.4, -0.2) is 134 Å². The molecule has 0 radical (unpaired) electrons. The van der Waals surface area contributed by atoms with Crippen molar-refractivity contribution in [1.29, 1.82) is 10.5 Å². The molecule has 0 atom stereocenters. The summed E-state index contributed by atoms with van der Waals surface area (Å²) in [4.78, 5) is 83.3. The number of carbonyl (C=O) groups is 6. The Morgan fingerprint density at radius 3 is 1.29 bits per heavy atom. The monoisotopic (exact) mass is 1560 g/mol. The Kier molecular flexibility index (Phi) is 45.2. The predicted octanol–water partition coefficient (Wildman–Crippen LogP) is 12.9. The number of terminal acetylenes is 1. The zero-order chi connectivity index (χ0) is 82.5. The molecule has 0 saturated carbocycles. The first kappa shape index (κ1) is 96.6. The Hall–Kier alpha value is -10.5. The number of nitrogens with one attached hydrogen (secondary N) is 12. The third kappa shape index (κ3) is 42.0. The standard InChI is InChI=1S/C15H19F2N3O.C14H19N3O.C14H18N2O.C13H18ClF2N3O.C11H17F2N3OS.C10H16N4O/c1-10(2)14(21)20-7-6-19-12-4-5-13(15(3,16)17)11(8-12)9-18;1-10(2)14(18)17-7-6-16-13-5-4-11(3)8-12(13)9-15;1-4-12-5-7-13(8-6-12)15-9-10-16-14(17)11(2)3;1-8(2)12(20)18-5-4-17-11-10(14)6-9(7-19-11)13(3,15)16;1-7(2)9(17)14-4-5-15-10-16-8(6-18-10)11(3,12)13;1-8(2)9(15)11-6-7-14-10-12-4-3-5-13-10/h4-5,8,10,19H,6-7H2,1-3H3,(H,20,21);4-5,8,10,16H,6-7H2,1-3H3,(H,17,18);1,5-8,11,15H,9-10H2,2-3H3,(H,16,17);6-8H,4-5H2,1-3H3,(H,17,19)(H,18,20);6-7H,4-5H2,1-3H3,(H,14,17)(H,15,16);3-5,8H,6-7H2,1-2H3,(H,11,15)(H,12,13,14). The van der Waals surface area contributed by atoms with Crippen LogP contribution in [0.15, 0.2) is 96.8 Å². The molecule has 12 N–H and O–H groups in total. The Labute approximate surface area is 646 Å². The second-order valence-electron chi connectivity index (χ2n) is 26.3. The molecular weight excluding hydrogens is 1450 g/mol. The maximum Gasteiger partial charge on any atom is 0.287 e. The van der Waals surface area contributed by atoms with Gasteiger partial charge in [-0.25, -0.2) is 37.5 Å². The molecule has 0 saturated heterocycles. The molecular formula is C77H107ClF6N18O6S. The summed E-state index contributed by atoms with van der Waals surface area (Å²) in [5.41, 5.74) is 4.12. The minimum Gasteiger partial charge on any atom is -0.383 e. The van der Waals surface area contributed by atoms with Crippen molar-refractivity contribution in [2.24, 2.45) is 35.5 Å². The highest BCUT2D eigenvalue weighted by Gasteiger charge is 2.29. The first-order valence-electron chi connectivity index (χ1n) is 35.4. The van der Waals surface area contributed by atoms with E-state index in [2.05, 4.69) is 95.7 Å². The summed E-state index contributed by atoms with van der Waals surface area (Å²) in [5.74, 6) is -5.58. The summed E-state index contributed by atoms with van der Waals surface area (Å²) in [6.45, 7) is 32.6. The second kappa shape index (κ2) is 51.0. The lowest BCUT2D eigenvalue weighted by molar-refractivity contribution is -0.124. The summed E-state index contributed by atoms with van der Waals surface area (Å²) < 4.78 is 78.5. The fourth-order valence-electron chi connectivity index (χ4n) is 7.95. The fraction of sp³-hybridized carbons (Fsp3) is 0.481. The highest BCUT2D eigenvalue weighted by molar-refractivity contribution is 7.13. The number of alkyl halides is 6. The number of anilines is 6. The van der Waals surface area contributed by atoms with Crippen LogP contribution in [0, 0.1) is 77.4 Å². The molecule has 0 bridgehead atoms. The van der Waals surface area contributed by atoms with Gasteiger partial charge in [0.1, 0.15) is 17.6 Å². The molecule has 109 heavy (non-hydrogen) atoms. The third-order valence-electron chi connectivity index (χ3n) is 14.3. The summed E-state index contributed by atoms with van der Waals surface area (Å²) in [5, 5.41) is 54.6. The number of carbonyl (C=O) groups excluding carboxylic acids is 6. The van der Waals surface area contributed by atoms with Crippen LogP contribution in [0.4, 0.5) is 60.3 Å². The van der Waals surface area contributed by atoms with E-state index < -0.39 is 17.8 Å². The third-order valence-corrected chi connectivity index (χ3v) is 15.4. The van der Waals surface area contributed by atoms with E-state index >= 15 is 0 Å². The maximum absolute atomic E-state index is 13.3. The van der Waals surface area contributed by atoms with Gasteiger partial charge in [0.05, 0.1) is 27.9 Å². The lowest BCUT2D eigenvalue weighted by atomic mass is 10.0. The molecule has 0 aliphatic heterocycles. The molecule has 3 aromatic carbocycles. The van der Waals surface area contributed by atoms with E-state index in [1.165, 1.54) is 29.6 Å². The first-order valence-corrected chi connectivity index (χ1v) is 36.6. The Morgan fingerprint density at radius 2 is 0.899 bits per heavy atom. The van der Waals surface area contributed by atoms with Gasteiger partial charge in [0.2, 0.25) is 41.4 Å². The lowest BCUT2D eigenvalue weighted by Gasteiger charge is -2.14. The largest absolute Gasteiger partial charge is 0.383 e. The number of amides is 6. The smallest absolute Gasteiger partial charge is 0.287 e. The van der Waals surface area contributed by atoms with Gasteiger partial charge >= 0.3 is 0 Å². The number of hydrogen-bond acceptors (Lipinski definition) is 19. The van der Waals surface area contributed by atoms with Crippen molar-refractivity contribution < 1.29 is 55.1 Å². The van der Waals surface area contributed by atoms with Crippen LogP contribution in [-0.2, 0) is 46.5 Å². The zero-order valence-corrected chi connectivity index (χ0v) is 66.5. The van der Waals surface area contributed by atoms with Gasteiger partial charge in [0, 0.05) is 187 Å². The van der Waals surface area contributed by atoms with Crippen molar-refractivity contribution >= 4 is 92.3 Å². The van der Waals surface area contributed by atoms with Crippen LogP contribution in [0.25, 0.3) is 0 Å². The topological polar surface area (TPSA) is 346 Å². The minimum atomic E-state index is -3.05. The van der Waals surface area contributed by atoms with Gasteiger partial charge in [-0.3, -0.25) is 28.8 Å². The summed E-state index contributed by atoms with van der Waals surface area (Å²) in [6.07, 6.45) is 9.69. The van der Waals surface area contributed by atoms with E-state index in [4.69, 9.17) is 28.5 Å². The van der Waals surface area contributed by atoms with Crippen molar-refractivity contribution in [2.75, 3.05) is 110 Å². The van der Waals surface area contributed by atoms with Gasteiger partial charge in [-0.05, 0) is 79.2 Å². The molecule has 6 amide bonds. The van der Waals surface area contributed by atoms with Crippen molar-refractivity contribution in [3.05, 3.63) is 141 Å². The molecule has 0 aliphatic carbocycles.